The maximum absolute atomic E-state index is 11.1. The highest BCUT2D eigenvalue weighted by Gasteiger charge is 2.17. The molecule has 0 amide bonds. The summed E-state index contributed by atoms with van der Waals surface area (Å²) in [5.41, 5.74) is 0. The Labute approximate surface area is 64.2 Å². The van der Waals surface area contributed by atoms with Crippen molar-refractivity contribution in [3.8, 4) is 0 Å². The molecule has 3 nitrogen and oxygen atoms in total. The SMILES string of the molecule is CCC(=O)C1CNCCN1.[HH].[HH]. The molecule has 3 heteroatoms. The maximum atomic E-state index is 11.1. The fraction of sp³-hybridized carbons (Fsp3) is 0.857. The van der Waals surface area contributed by atoms with Gasteiger partial charge in [-0.2, -0.15) is 0 Å². The fourth-order valence-electron chi connectivity index (χ4n) is 1.13. The van der Waals surface area contributed by atoms with Crippen molar-refractivity contribution in [3.05, 3.63) is 0 Å². The first-order chi connectivity index (χ1) is 4.84. The van der Waals surface area contributed by atoms with Crippen molar-refractivity contribution in [3.63, 3.8) is 0 Å². The highest BCUT2D eigenvalue weighted by Crippen LogP contribution is 1.92. The summed E-state index contributed by atoms with van der Waals surface area (Å²) in [6, 6.07) is 0.0683. The summed E-state index contributed by atoms with van der Waals surface area (Å²) in [5, 5.41) is 6.32. The smallest absolute Gasteiger partial charge is 0.150 e. The standard InChI is InChI=1S/C7H14N2O.2H2/c1-2-7(10)6-5-8-3-4-9-6;;/h6,8-9H,2-5H2,1H3;2*1H. The molecule has 1 saturated heterocycles. The van der Waals surface area contributed by atoms with Gasteiger partial charge in [-0.25, -0.2) is 0 Å². The van der Waals surface area contributed by atoms with E-state index in [1.165, 1.54) is 0 Å². The van der Waals surface area contributed by atoms with E-state index in [9.17, 15) is 4.79 Å². The molecule has 1 atom stereocenters. The topological polar surface area (TPSA) is 41.1 Å². The Hall–Kier alpha value is -0.410. The van der Waals surface area contributed by atoms with E-state index >= 15 is 0 Å². The molecule has 1 unspecified atom stereocenters. The monoisotopic (exact) mass is 146 g/mol. The van der Waals surface area contributed by atoms with Crippen LogP contribution in [0.15, 0.2) is 0 Å². The largest absolute Gasteiger partial charge is 0.313 e. The molecule has 10 heavy (non-hydrogen) atoms. The molecular formula is C7H18N2O. The van der Waals surface area contributed by atoms with Crippen LogP contribution in [0.3, 0.4) is 0 Å². The van der Waals surface area contributed by atoms with Crippen LogP contribution in [-0.4, -0.2) is 31.5 Å². The molecule has 1 aliphatic heterocycles. The molecule has 1 rings (SSSR count). The van der Waals surface area contributed by atoms with Gasteiger partial charge in [-0.3, -0.25) is 4.79 Å². The summed E-state index contributed by atoms with van der Waals surface area (Å²) in [5.74, 6) is 0.312. The summed E-state index contributed by atoms with van der Waals surface area (Å²) >= 11 is 0. The van der Waals surface area contributed by atoms with Gasteiger partial charge in [0.25, 0.3) is 0 Å². The second kappa shape index (κ2) is 3.68. The third kappa shape index (κ3) is 1.78. The predicted molar refractivity (Wildman–Crippen MR) is 44.2 cm³/mol. The van der Waals surface area contributed by atoms with Crippen molar-refractivity contribution in [1.82, 2.24) is 10.6 Å². The zero-order valence-corrected chi connectivity index (χ0v) is 6.31. The zero-order valence-electron chi connectivity index (χ0n) is 6.31. The van der Waals surface area contributed by atoms with Crippen LogP contribution in [0.4, 0.5) is 0 Å². The highest BCUT2D eigenvalue weighted by atomic mass is 16.1. The molecule has 1 fully saturated rings. The fourth-order valence-corrected chi connectivity index (χ4v) is 1.13. The molecule has 0 bridgehead atoms. The second-order valence-corrected chi connectivity index (χ2v) is 2.53. The Kier molecular flexibility index (Phi) is 2.83. The summed E-state index contributed by atoms with van der Waals surface area (Å²) in [6.45, 7) is 4.59. The first-order valence-electron chi connectivity index (χ1n) is 3.81. The number of rotatable bonds is 2. The molecule has 0 aromatic carbocycles. The Balaban J connectivity index is 0. The van der Waals surface area contributed by atoms with Crippen molar-refractivity contribution >= 4 is 5.78 Å². The van der Waals surface area contributed by atoms with E-state index in [1.807, 2.05) is 6.92 Å². The van der Waals surface area contributed by atoms with Crippen molar-refractivity contribution in [2.24, 2.45) is 0 Å². The van der Waals surface area contributed by atoms with Gasteiger partial charge in [-0.05, 0) is 0 Å². The Bertz CT molecular complexity index is 127. The van der Waals surface area contributed by atoms with Crippen LogP contribution in [0.1, 0.15) is 16.2 Å². The van der Waals surface area contributed by atoms with E-state index in [-0.39, 0.29) is 8.90 Å². The van der Waals surface area contributed by atoms with E-state index in [2.05, 4.69) is 10.6 Å². The molecule has 0 radical (unpaired) electrons. The first kappa shape index (κ1) is 7.69. The lowest BCUT2D eigenvalue weighted by atomic mass is 10.1. The number of carbonyl (C=O) groups is 1. The molecule has 0 aliphatic carbocycles. The molecule has 2 N–H and O–H groups in total. The summed E-state index contributed by atoms with van der Waals surface area (Å²) in [6.07, 6.45) is 0.638. The molecular weight excluding hydrogens is 128 g/mol. The van der Waals surface area contributed by atoms with Crippen molar-refractivity contribution in [2.75, 3.05) is 19.6 Å². The molecule has 0 spiro atoms. The molecule has 0 aromatic rings. The Morgan fingerprint density at radius 3 is 3.00 bits per heavy atom. The summed E-state index contributed by atoms with van der Waals surface area (Å²) < 4.78 is 0. The van der Waals surface area contributed by atoms with Crippen LogP contribution in [0.5, 0.6) is 0 Å². The number of Topliss-reactive ketones (excluding diaryl/α,β-unsaturated/α-hetero) is 1. The number of piperazine rings is 1. The van der Waals surface area contributed by atoms with Crippen LogP contribution in [-0.2, 0) is 4.79 Å². The van der Waals surface area contributed by atoms with Gasteiger partial charge in [0.15, 0.2) is 5.78 Å². The van der Waals surface area contributed by atoms with Crippen LogP contribution in [0.25, 0.3) is 0 Å². The third-order valence-corrected chi connectivity index (χ3v) is 1.78. The van der Waals surface area contributed by atoms with Gasteiger partial charge in [-0.15, -0.1) is 0 Å². The van der Waals surface area contributed by atoms with Crippen molar-refractivity contribution in [2.45, 2.75) is 19.4 Å². The molecule has 0 saturated carbocycles. The van der Waals surface area contributed by atoms with Crippen LogP contribution in [0, 0.1) is 0 Å². The number of ketones is 1. The van der Waals surface area contributed by atoms with Gasteiger partial charge in [0.2, 0.25) is 0 Å². The van der Waals surface area contributed by atoms with Gasteiger partial charge in [-0.1, -0.05) is 6.92 Å². The molecule has 0 aromatic heterocycles. The quantitative estimate of drug-likeness (QED) is 0.577. The minimum Gasteiger partial charge on any atom is -0.313 e. The Morgan fingerprint density at radius 1 is 1.70 bits per heavy atom. The van der Waals surface area contributed by atoms with Gasteiger partial charge >= 0.3 is 0 Å². The average molecular weight is 146 g/mol. The lowest BCUT2D eigenvalue weighted by Crippen LogP contribution is -2.52. The first-order valence-corrected chi connectivity index (χ1v) is 3.81. The van der Waals surface area contributed by atoms with Crippen LogP contribution < -0.4 is 10.6 Å². The predicted octanol–water partition coefficient (Wildman–Crippen LogP) is 0.0189. The summed E-state index contributed by atoms with van der Waals surface area (Å²) in [4.78, 5) is 11.1. The van der Waals surface area contributed by atoms with Gasteiger partial charge in [0.1, 0.15) is 0 Å². The minimum absolute atomic E-state index is 0. The Morgan fingerprint density at radius 2 is 2.50 bits per heavy atom. The van der Waals surface area contributed by atoms with E-state index < -0.39 is 0 Å². The average Bonchev–Trinajstić information content (AvgIpc) is 2.05. The highest BCUT2D eigenvalue weighted by molar-refractivity contribution is 5.84. The van der Waals surface area contributed by atoms with Crippen molar-refractivity contribution in [1.29, 1.82) is 0 Å². The van der Waals surface area contributed by atoms with E-state index in [0.29, 0.717) is 12.2 Å². The third-order valence-electron chi connectivity index (χ3n) is 1.78. The zero-order chi connectivity index (χ0) is 7.40. The number of hydrogen-bond acceptors (Lipinski definition) is 3. The molecule has 62 valence electrons. The minimum atomic E-state index is 0. The van der Waals surface area contributed by atoms with Crippen molar-refractivity contribution < 1.29 is 7.65 Å². The number of carbonyl (C=O) groups excluding carboxylic acids is 1. The van der Waals surface area contributed by atoms with E-state index in [4.69, 9.17) is 0 Å². The maximum Gasteiger partial charge on any atom is 0.150 e. The molecule has 1 heterocycles. The van der Waals surface area contributed by atoms with Crippen LogP contribution >= 0.6 is 0 Å². The van der Waals surface area contributed by atoms with E-state index in [0.717, 1.165) is 19.6 Å². The summed E-state index contributed by atoms with van der Waals surface area (Å²) in [7, 11) is 0. The number of nitrogens with one attached hydrogen (secondary N) is 2. The molecule has 1 aliphatic rings. The lowest BCUT2D eigenvalue weighted by Gasteiger charge is -2.22. The number of hydrogen-bond donors (Lipinski definition) is 2. The van der Waals surface area contributed by atoms with Gasteiger partial charge < -0.3 is 10.6 Å². The lowest BCUT2D eigenvalue weighted by molar-refractivity contribution is -0.120. The van der Waals surface area contributed by atoms with Gasteiger partial charge in [0, 0.05) is 28.9 Å². The van der Waals surface area contributed by atoms with Gasteiger partial charge in [0.05, 0.1) is 6.04 Å². The van der Waals surface area contributed by atoms with Crippen LogP contribution in [0.2, 0.25) is 0 Å². The second-order valence-electron chi connectivity index (χ2n) is 2.53. The van der Waals surface area contributed by atoms with E-state index in [1.54, 1.807) is 0 Å². The normalized spacial score (nSPS) is 26.3.